The summed E-state index contributed by atoms with van der Waals surface area (Å²) in [6.45, 7) is 9.73. The molecular weight excluding hydrogens is 218 g/mol. The third-order valence-corrected chi connectivity index (χ3v) is 2.61. The SMILES string of the molecule is [2H]C([2H])(C1=C[N+](=C)[C-](c2ccccc2)C=C1)C(C)(C)C. The molecule has 0 fully saturated rings. The summed E-state index contributed by atoms with van der Waals surface area (Å²) in [5.74, 6) is 0. The second-order valence-electron chi connectivity index (χ2n) is 5.51. The molecule has 1 aromatic rings. The fourth-order valence-electron chi connectivity index (χ4n) is 1.92. The zero-order valence-corrected chi connectivity index (χ0v) is 11.3. The minimum atomic E-state index is -1.40. The van der Waals surface area contributed by atoms with Crippen molar-refractivity contribution in [3.63, 3.8) is 0 Å². The molecule has 0 atom stereocenters. The summed E-state index contributed by atoms with van der Waals surface area (Å²) in [6.07, 6.45) is 4.17. The highest BCUT2D eigenvalue weighted by Gasteiger charge is 2.19. The monoisotopic (exact) mass is 241 g/mol. The fraction of sp³-hybridized carbons (Fsp3) is 0.294. The van der Waals surface area contributed by atoms with Crippen molar-refractivity contribution in [1.82, 2.24) is 0 Å². The lowest BCUT2D eigenvalue weighted by molar-refractivity contribution is -0.419. The summed E-state index contributed by atoms with van der Waals surface area (Å²) in [6, 6.07) is 11.0. The van der Waals surface area contributed by atoms with Gasteiger partial charge in [-0.25, -0.2) is 0 Å². The maximum atomic E-state index is 8.32. The molecule has 1 aromatic carbocycles. The van der Waals surface area contributed by atoms with Gasteiger partial charge in [0.2, 0.25) is 0 Å². The van der Waals surface area contributed by atoms with Crippen LogP contribution in [-0.4, -0.2) is 11.3 Å². The molecule has 0 radical (unpaired) electrons. The van der Waals surface area contributed by atoms with E-state index < -0.39 is 11.8 Å². The van der Waals surface area contributed by atoms with Gasteiger partial charge in [0.15, 0.2) is 0 Å². The lowest BCUT2D eigenvalue weighted by Crippen LogP contribution is -2.16. The first-order chi connectivity index (χ1) is 9.23. The Balaban J connectivity index is 2.30. The van der Waals surface area contributed by atoms with Gasteiger partial charge in [0.05, 0.1) is 6.72 Å². The standard InChI is InChI=1S/C17H21N/c1-17(2,3)12-14-10-11-16(18(4)13-14)15-8-6-5-7-9-15/h5-11,13H,4,12H2,1-3H3/i12D2. The normalized spacial score (nSPS) is 18.3. The van der Waals surface area contributed by atoms with E-state index in [4.69, 9.17) is 2.74 Å². The molecule has 0 saturated heterocycles. The average Bonchev–Trinajstić information content (AvgIpc) is 2.38. The van der Waals surface area contributed by atoms with E-state index in [1.165, 1.54) is 0 Å². The Kier molecular flexibility index (Phi) is 2.75. The van der Waals surface area contributed by atoms with Gasteiger partial charge in [0.1, 0.15) is 12.2 Å². The maximum absolute atomic E-state index is 8.32. The summed E-state index contributed by atoms with van der Waals surface area (Å²) in [5.41, 5.74) is 1.26. The molecule has 0 spiro atoms. The molecule has 94 valence electrons. The molecule has 0 aromatic heterocycles. The van der Waals surface area contributed by atoms with Crippen LogP contribution in [0.2, 0.25) is 0 Å². The highest BCUT2D eigenvalue weighted by Crippen LogP contribution is 2.29. The van der Waals surface area contributed by atoms with Crippen molar-refractivity contribution in [2.45, 2.75) is 27.1 Å². The molecule has 1 heterocycles. The molecule has 0 saturated carbocycles. The van der Waals surface area contributed by atoms with Crippen LogP contribution in [0.15, 0.2) is 54.3 Å². The first-order valence-corrected chi connectivity index (χ1v) is 6.16. The molecule has 1 aliphatic heterocycles. The molecular formula is C17H21N. The Hall–Kier alpha value is -1.76. The zero-order valence-electron chi connectivity index (χ0n) is 13.3. The van der Waals surface area contributed by atoms with Crippen LogP contribution < -0.4 is 0 Å². The molecule has 18 heavy (non-hydrogen) atoms. The van der Waals surface area contributed by atoms with Gasteiger partial charge in [-0.05, 0) is 29.0 Å². The minimum Gasteiger partial charge on any atom is -0.255 e. The highest BCUT2D eigenvalue weighted by molar-refractivity contribution is 5.40. The van der Waals surface area contributed by atoms with Crippen molar-refractivity contribution in [3.05, 3.63) is 65.9 Å². The van der Waals surface area contributed by atoms with Gasteiger partial charge in [-0.3, -0.25) is 4.58 Å². The van der Waals surface area contributed by atoms with E-state index in [1.807, 2.05) is 63.3 Å². The predicted octanol–water partition coefficient (Wildman–Crippen LogP) is 4.17. The number of benzene rings is 1. The van der Waals surface area contributed by atoms with E-state index in [-0.39, 0.29) is 0 Å². The van der Waals surface area contributed by atoms with Gasteiger partial charge in [0, 0.05) is 2.74 Å². The molecule has 1 nitrogen and oxygen atoms in total. The van der Waals surface area contributed by atoms with Crippen molar-refractivity contribution >= 4 is 6.72 Å². The van der Waals surface area contributed by atoms with Gasteiger partial charge in [0.25, 0.3) is 0 Å². The lowest BCUT2D eigenvalue weighted by Gasteiger charge is -2.23. The van der Waals surface area contributed by atoms with Crippen LogP contribution in [0.5, 0.6) is 0 Å². The Bertz CT molecular complexity index is 562. The topological polar surface area (TPSA) is 3.01 Å². The number of nitrogens with zero attached hydrogens (tertiary/aromatic N) is 1. The molecule has 0 bridgehead atoms. The Morgan fingerprint density at radius 3 is 2.50 bits per heavy atom. The second-order valence-corrected chi connectivity index (χ2v) is 5.51. The predicted molar refractivity (Wildman–Crippen MR) is 77.5 cm³/mol. The van der Waals surface area contributed by atoms with Crippen LogP contribution in [0, 0.1) is 11.5 Å². The van der Waals surface area contributed by atoms with Crippen molar-refractivity contribution in [1.29, 1.82) is 0 Å². The smallest absolute Gasteiger partial charge is 0.146 e. The van der Waals surface area contributed by atoms with E-state index in [9.17, 15) is 0 Å². The van der Waals surface area contributed by atoms with E-state index in [2.05, 4.69) is 6.72 Å². The number of allylic oxidation sites excluding steroid dienone is 2. The maximum Gasteiger partial charge on any atom is 0.146 e. The largest absolute Gasteiger partial charge is 0.255 e. The first kappa shape index (κ1) is 10.2. The molecule has 2 rings (SSSR count). The molecule has 1 heteroatoms. The highest BCUT2D eigenvalue weighted by atomic mass is 15.0. The van der Waals surface area contributed by atoms with Crippen LogP contribution in [0.4, 0.5) is 0 Å². The van der Waals surface area contributed by atoms with Gasteiger partial charge in [-0.2, -0.15) is 0 Å². The van der Waals surface area contributed by atoms with Crippen molar-refractivity contribution in [2.75, 3.05) is 0 Å². The third-order valence-electron chi connectivity index (χ3n) is 2.61. The Labute approximate surface area is 113 Å². The molecule has 0 unspecified atom stereocenters. The van der Waals surface area contributed by atoms with Gasteiger partial charge < -0.3 is 0 Å². The van der Waals surface area contributed by atoms with Gasteiger partial charge >= 0.3 is 0 Å². The third kappa shape index (κ3) is 3.13. The lowest BCUT2D eigenvalue weighted by atomic mass is 9.87. The second kappa shape index (κ2) is 4.85. The minimum absolute atomic E-state index is 0.464. The van der Waals surface area contributed by atoms with Crippen LogP contribution in [0.1, 0.15) is 35.4 Å². The zero-order chi connectivity index (χ0) is 15.0. The van der Waals surface area contributed by atoms with E-state index in [0.717, 1.165) is 11.6 Å². The Morgan fingerprint density at radius 1 is 1.28 bits per heavy atom. The summed E-state index contributed by atoms with van der Waals surface area (Å²) in [7, 11) is 0. The van der Waals surface area contributed by atoms with Crippen LogP contribution in [0.25, 0.3) is 0 Å². The Morgan fingerprint density at radius 2 is 1.94 bits per heavy atom. The van der Waals surface area contributed by atoms with Crippen LogP contribution in [-0.2, 0) is 0 Å². The quantitative estimate of drug-likeness (QED) is 0.540. The fourth-order valence-corrected chi connectivity index (χ4v) is 1.92. The van der Waals surface area contributed by atoms with Crippen LogP contribution in [0.3, 0.4) is 0 Å². The number of hydrogen-bond acceptors (Lipinski definition) is 0. The number of hydrogen-bond donors (Lipinski definition) is 0. The summed E-state index contributed by atoms with van der Waals surface area (Å²) in [5, 5.41) is 0. The molecule has 0 aliphatic carbocycles. The first-order valence-electron chi connectivity index (χ1n) is 7.16. The van der Waals surface area contributed by atoms with Gasteiger partial charge in [-0.15, -0.1) is 12.1 Å². The molecule has 1 aliphatic rings. The summed E-state index contributed by atoms with van der Waals surface area (Å²) in [4.78, 5) is 0. The van der Waals surface area contributed by atoms with Gasteiger partial charge in [-0.1, -0.05) is 45.0 Å². The van der Waals surface area contributed by atoms with E-state index >= 15 is 0 Å². The van der Waals surface area contributed by atoms with E-state index in [0.29, 0.717) is 5.57 Å². The van der Waals surface area contributed by atoms with Crippen molar-refractivity contribution < 1.29 is 7.32 Å². The summed E-state index contributed by atoms with van der Waals surface area (Å²) < 4.78 is 18.4. The van der Waals surface area contributed by atoms with Crippen molar-refractivity contribution in [2.24, 2.45) is 5.41 Å². The average molecular weight is 241 g/mol. The van der Waals surface area contributed by atoms with Crippen molar-refractivity contribution in [3.8, 4) is 0 Å². The molecule has 0 N–H and O–H groups in total. The van der Waals surface area contributed by atoms with E-state index in [1.54, 1.807) is 10.8 Å². The van der Waals surface area contributed by atoms with Crippen LogP contribution >= 0.6 is 0 Å². The summed E-state index contributed by atoms with van der Waals surface area (Å²) >= 11 is 0. The molecule has 0 amide bonds. The number of rotatable bonds is 2.